The third kappa shape index (κ3) is 11.8. The van der Waals surface area contributed by atoms with E-state index in [4.69, 9.17) is 15.2 Å². The van der Waals surface area contributed by atoms with E-state index in [1.54, 1.807) is 65.8 Å². The lowest BCUT2D eigenvalue weighted by atomic mass is 10.00. The second-order valence-electron chi connectivity index (χ2n) is 12.4. The number of nitrogens with zero attached hydrogens (tertiary/aromatic N) is 1. The molecule has 11 heteroatoms. The van der Waals surface area contributed by atoms with Crippen molar-refractivity contribution in [3.05, 3.63) is 71.3 Å². The van der Waals surface area contributed by atoms with E-state index in [9.17, 15) is 24.0 Å². The first kappa shape index (κ1) is 34.8. The Balaban J connectivity index is 2.46. The number of carbonyl (C=O) groups excluding carboxylic acids is 5. The third-order valence-corrected chi connectivity index (χ3v) is 6.06. The van der Waals surface area contributed by atoms with Crippen LogP contribution in [0, 0.1) is 6.92 Å². The molecule has 0 heterocycles. The second-order valence-corrected chi connectivity index (χ2v) is 12.4. The molecule has 0 fully saturated rings. The molecule has 0 aliphatic carbocycles. The largest absolute Gasteiger partial charge is 0.458 e. The summed E-state index contributed by atoms with van der Waals surface area (Å²) in [5.41, 5.74) is 5.87. The minimum Gasteiger partial charge on any atom is -0.458 e. The highest BCUT2D eigenvalue weighted by Crippen LogP contribution is 2.23. The van der Waals surface area contributed by atoms with Gasteiger partial charge in [0.2, 0.25) is 17.7 Å². The minimum atomic E-state index is -1.41. The van der Waals surface area contributed by atoms with Gasteiger partial charge in [0, 0.05) is 13.5 Å². The van der Waals surface area contributed by atoms with E-state index in [1.165, 1.54) is 7.05 Å². The zero-order valence-electron chi connectivity index (χ0n) is 26.2. The highest BCUT2D eigenvalue weighted by molar-refractivity contribution is 5.95. The van der Waals surface area contributed by atoms with Crippen molar-refractivity contribution in [2.24, 2.45) is 5.73 Å². The molecule has 2 rings (SSSR count). The van der Waals surface area contributed by atoms with Gasteiger partial charge in [-0.2, -0.15) is 0 Å². The molecule has 4 N–H and O–H groups in total. The summed E-state index contributed by atoms with van der Waals surface area (Å²) in [4.78, 5) is 66.4. The molecule has 3 atom stereocenters. The number of nitrogens with two attached hydrogens (primary N) is 1. The zero-order valence-corrected chi connectivity index (χ0v) is 26.2. The summed E-state index contributed by atoms with van der Waals surface area (Å²) in [6.07, 6.45) is -1.31. The molecule has 2 aromatic carbocycles. The summed E-state index contributed by atoms with van der Waals surface area (Å²) in [5.74, 6) is -2.91. The van der Waals surface area contributed by atoms with Crippen molar-refractivity contribution >= 4 is 29.8 Å². The van der Waals surface area contributed by atoms with E-state index in [0.29, 0.717) is 5.56 Å². The van der Waals surface area contributed by atoms with Gasteiger partial charge in [0.15, 0.2) is 0 Å². The molecule has 2 aromatic rings. The van der Waals surface area contributed by atoms with E-state index < -0.39 is 65.5 Å². The van der Waals surface area contributed by atoms with E-state index >= 15 is 0 Å². The van der Waals surface area contributed by atoms with Crippen LogP contribution in [0.3, 0.4) is 0 Å². The number of rotatable bonds is 11. The normalized spacial score (nSPS) is 13.6. The summed E-state index contributed by atoms with van der Waals surface area (Å²) in [6, 6.07) is 12.3. The number of ether oxygens (including phenoxy) is 2. The molecule has 0 aliphatic rings. The molecular formula is C32H44N4O7. The van der Waals surface area contributed by atoms with Gasteiger partial charge in [0.1, 0.15) is 29.3 Å². The average molecular weight is 597 g/mol. The van der Waals surface area contributed by atoms with Crippen LogP contribution in [0.15, 0.2) is 54.6 Å². The maximum absolute atomic E-state index is 14.0. The molecule has 234 valence electrons. The van der Waals surface area contributed by atoms with Gasteiger partial charge >= 0.3 is 12.1 Å². The van der Waals surface area contributed by atoms with Gasteiger partial charge in [0.25, 0.3) is 0 Å². The first-order chi connectivity index (χ1) is 19.9. The van der Waals surface area contributed by atoms with Crippen LogP contribution in [0.25, 0.3) is 0 Å². The maximum atomic E-state index is 14.0. The molecule has 0 saturated heterocycles. The lowest BCUT2D eigenvalue weighted by molar-refractivity contribution is -0.159. The molecule has 0 bridgehead atoms. The summed E-state index contributed by atoms with van der Waals surface area (Å²) < 4.78 is 10.9. The molecule has 3 unspecified atom stereocenters. The van der Waals surface area contributed by atoms with Gasteiger partial charge in [-0.25, -0.2) is 9.59 Å². The number of likely N-dealkylation sites (N-methyl/N-ethyl adjacent to an activating group) is 1. The van der Waals surface area contributed by atoms with E-state index in [1.807, 2.05) is 37.3 Å². The Labute approximate surface area is 253 Å². The van der Waals surface area contributed by atoms with Crippen LogP contribution in [-0.2, 0) is 35.1 Å². The number of amides is 4. The standard InChI is InChI=1S/C32H44N4O7/c1-20-14-16-22(17-15-20)26(36(8)28(39)23(19-25(33)37)35-30(41)43-32(5,6)7)27(38)34-24(29(40)42-31(2,3)4)18-21-12-10-9-11-13-21/h9-17,23-24,26H,18-19H2,1-8H3,(H2,33,37)(H,34,38)(H,35,41). The van der Waals surface area contributed by atoms with Gasteiger partial charge in [-0.1, -0.05) is 60.2 Å². The number of nitrogens with one attached hydrogen (secondary N) is 2. The number of primary amides is 1. The molecule has 0 radical (unpaired) electrons. The smallest absolute Gasteiger partial charge is 0.408 e. The van der Waals surface area contributed by atoms with Crippen LogP contribution in [0.4, 0.5) is 4.79 Å². The van der Waals surface area contributed by atoms with Gasteiger partial charge in [-0.15, -0.1) is 0 Å². The SMILES string of the molecule is Cc1ccc(C(C(=O)NC(Cc2ccccc2)C(=O)OC(C)(C)C)N(C)C(=O)C(CC(N)=O)NC(=O)OC(C)(C)C)cc1. The zero-order chi connectivity index (χ0) is 32.5. The van der Waals surface area contributed by atoms with Crippen LogP contribution < -0.4 is 16.4 Å². The third-order valence-electron chi connectivity index (χ3n) is 6.06. The monoisotopic (exact) mass is 596 g/mol. The number of aryl methyl sites for hydroxylation is 1. The van der Waals surface area contributed by atoms with E-state index in [-0.39, 0.29) is 6.42 Å². The molecular weight excluding hydrogens is 552 g/mol. The van der Waals surface area contributed by atoms with Crippen molar-refractivity contribution in [2.45, 2.75) is 90.6 Å². The van der Waals surface area contributed by atoms with Crippen molar-refractivity contribution in [1.82, 2.24) is 15.5 Å². The lowest BCUT2D eigenvalue weighted by Crippen LogP contribution is -2.54. The molecule has 0 aliphatic heterocycles. The molecule has 43 heavy (non-hydrogen) atoms. The Kier molecular flexibility index (Phi) is 11.9. The predicted molar refractivity (Wildman–Crippen MR) is 162 cm³/mol. The Hall–Kier alpha value is -4.41. The van der Waals surface area contributed by atoms with Crippen molar-refractivity contribution in [1.29, 1.82) is 0 Å². The molecule has 11 nitrogen and oxygen atoms in total. The molecule has 0 aromatic heterocycles. The van der Waals surface area contributed by atoms with Gasteiger partial charge < -0.3 is 30.7 Å². The van der Waals surface area contributed by atoms with Crippen molar-refractivity contribution in [2.75, 3.05) is 7.05 Å². The number of benzene rings is 2. The fourth-order valence-electron chi connectivity index (χ4n) is 4.19. The van der Waals surface area contributed by atoms with Crippen molar-refractivity contribution < 1.29 is 33.4 Å². The van der Waals surface area contributed by atoms with Crippen LogP contribution in [0.1, 0.15) is 70.7 Å². The summed E-state index contributed by atoms with van der Waals surface area (Å²) in [6.45, 7) is 12.0. The number of alkyl carbamates (subject to hydrolysis) is 1. The van der Waals surface area contributed by atoms with Gasteiger partial charge in [-0.05, 0) is 59.6 Å². The highest BCUT2D eigenvalue weighted by atomic mass is 16.6. The number of hydrogen-bond donors (Lipinski definition) is 3. The summed E-state index contributed by atoms with van der Waals surface area (Å²) in [7, 11) is 1.37. The second kappa shape index (κ2) is 14.7. The first-order valence-electron chi connectivity index (χ1n) is 14.0. The Bertz CT molecular complexity index is 1280. The van der Waals surface area contributed by atoms with Crippen LogP contribution >= 0.6 is 0 Å². The quantitative estimate of drug-likeness (QED) is 0.336. The molecule has 4 amide bonds. The summed E-state index contributed by atoms with van der Waals surface area (Å²) >= 11 is 0. The van der Waals surface area contributed by atoms with E-state index in [0.717, 1.165) is 16.0 Å². The summed E-state index contributed by atoms with van der Waals surface area (Å²) in [5, 5.41) is 5.18. The lowest BCUT2D eigenvalue weighted by Gasteiger charge is -2.32. The highest BCUT2D eigenvalue weighted by Gasteiger charge is 2.37. The Morgan fingerprint density at radius 3 is 1.88 bits per heavy atom. The maximum Gasteiger partial charge on any atom is 0.408 e. The van der Waals surface area contributed by atoms with Crippen LogP contribution in [0.2, 0.25) is 0 Å². The van der Waals surface area contributed by atoms with Gasteiger partial charge in [-0.3, -0.25) is 14.4 Å². The number of esters is 1. The minimum absolute atomic E-state index is 0.143. The average Bonchev–Trinajstić information content (AvgIpc) is 2.87. The van der Waals surface area contributed by atoms with Crippen LogP contribution in [0.5, 0.6) is 0 Å². The predicted octanol–water partition coefficient (Wildman–Crippen LogP) is 3.33. The topological polar surface area (TPSA) is 157 Å². The van der Waals surface area contributed by atoms with Crippen molar-refractivity contribution in [3.8, 4) is 0 Å². The van der Waals surface area contributed by atoms with E-state index in [2.05, 4.69) is 10.6 Å². The fourth-order valence-corrected chi connectivity index (χ4v) is 4.19. The first-order valence-corrected chi connectivity index (χ1v) is 14.0. The van der Waals surface area contributed by atoms with Gasteiger partial charge in [0.05, 0.1) is 6.42 Å². The van der Waals surface area contributed by atoms with Crippen LogP contribution in [-0.4, -0.2) is 65.0 Å². The Morgan fingerprint density at radius 2 is 1.37 bits per heavy atom. The molecule has 0 spiro atoms. The van der Waals surface area contributed by atoms with Crippen molar-refractivity contribution in [3.63, 3.8) is 0 Å². The number of carbonyl (C=O) groups is 5. The number of hydrogen-bond acceptors (Lipinski definition) is 7. The Morgan fingerprint density at radius 1 is 0.814 bits per heavy atom. The fraction of sp³-hybridized carbons (Fsp3) is 0.469. The molecule has 0 saturated carbocycles.